The molecule has 0 bridgehead atoms. The Morgan fingerprint density at radius 1 is 0.971 bits per heavy atom. The van der Waals surface area contributed by atoms with Gasteiger partial charge in [-0.25, -0.2) is 9.59 Å². The van der Waals surface area contributed by atoms with E-state index in [-0.39, 0.29) is 6.61 Å². The van der Waals surface area contributed by atoms with Crippen LogP contribution in [0, 0.1) is 0 Å². The van der Waals surface area contributed by atoms with Crippen LogP contribution in [0.3, 0.4) is 0 Å². The number of aryl methyl sites for hydroxylation is 1. The van der Waals surface area contributed by atoms with Crippen LogP contribution in [0.1, 0.15) is 38.3 Å². The van der Waals surface area contributed by atoms with E-state index in [2.05, 4.69) is 5.32 Å². The number of esters is 1. The Hall–Kier alpha value is -3.43. The molecule has 0 saturated heterocycles. The molecule has 186 valence electrons. The van der Waals surface area contributed by atoms with E-state index in [1.165, 1.54) is 0 Å². The SMILES string of the molecule is CC(C)(C)OC(=O)N[C@H](CCc1ccccc1)C(=O)O.N[C@@H](CO)C(=O)OCc1ccccc1. The zero-order valence-electron chi connectivity index (χ0n) is 19.8. The van der Waals surface area contributed by atoms with Gasteiger partial charge in [0.05, 0.1) is 6.61 Å². The summed E-state index contributed by atoms with van der Waals surface area (Å²) < 4.78 is 9.91. The van der Waals surface area contributed by atoms with Crippen molar-refractivity contribution >= 4 is 18.0 Å². The number of carboxylic acid groups (broad SMARTS) is 1. The normalized spacial score (nSPS) is 12.4. The first-order valence-corrected chi connectivity index (χ1v) is 10.8. The second-order valence-electron chi connectivity index (χ2n) is 8.44. The molecule has 0 unspecified atom stereocenters. The predicted molar refractivity (Wildman–Crippen MR) is 127 cm³/mol. The van der Waals surface area contributed by atoms with Gasteiger partial charge in [-0.15, -0.1) is 0 Å². The number of nitrogens with two attached hydrogens (primary N) is 1. The van der Waals surface area contributed by atoms with Crippen molar-refractivity contribution in [2.45, 2.75) is 57.9 Å². The lowest BCUT2D eigenvalue weighted by atomic mass is 10.1. The van der Waals surface area contributed by atoms with Crippen LogP contribution in [0.4, 0.5) is 4.79 Å². The molecule has 0 heterocycles. The van der Waals surface area contributed by atoms with Gasteiger partial charge < -0.3 is 30.7 Å². The summed E-state index contributed by atoms with van der Waals surface area (Å²) in [5.41, 5.74) is 6.54. The molecule has 0 aliphatic rings. The largest absolute Gasteiger partial charge is 0.480 e. The monoisotopic (exact) mass is 474 g/mol. The smallest absolute Gasteiger partial charge is 0.408 e. The van der Waals surface area contributed by atoms with Gasteiger partial charge in [-0.1, -0.05) is 60.7 Å². The first-order chi connectivity index (χ1) is 16.0. The summed E-state index contributed by atoms with van der Waals surface area (Å²) in [6.07, 6.45) is 0.185. The van der Waals surface area contributed by atoms with Crippen molar-refractivity contribution in [1.82, 2.24) is 5.32 Å². The molecule has 0 spiro atoms. The molecule has 9 nitrogen and oxygen atoms in total. The lowest BCUT2D eigenvalue weighted by Crippen LogP contribution is -2.43. The number of carbonyl (C=O) groups is 3. The molecule has 2 rings (SSSR count). The van der Waals surface area contributed by atoms with Gasteiger partial charge in [-0.2, -0.15) is 0 Å². The van der Waals surface area contributed by atoms with E-state index in [9.17, 15) is 14.4 Å². The first kappa shape index (κ1) is 28.6. The minimum atomic E-state index is -1.06. The van der Waals surface area contributed by atoms with Crippen LogP contribution in [0.2, 0.25) is 0 Å². The average molecular weight is 475 g/mol. The highest BCUT2D eigenvalue weighted by atomic mass is 16.6. The number of amides is 1. The molecule has 0 aliphatic heterocycles. The minimum Gasteiger partial charge on any atom is -0.480 e. The van der Waals surface area contributed by atoms with E-state index in [1.54, 1.807) is 20.8 Å². The number of hydrogen-bond donors (Lipinski definition) is 4. The number of hydrogen-bond acceptors (Lipinski definition) is 7. The summed E-state index contributed by atoms with van der Waals surface area (Å²) in [7, 11) is 0. The van der Waals surface area contributed by atoms with Crippen LogP contribution in [0.25, 0.3) is 0 Å². The zero-order chi connectivity index (χ0) is 25.6. The van der Waals surface area contributed by atoms with Crippen molar-refractivity contribution in [3.8, 4) is 0 Å². The quantitative estimate of drug-likeness (QED) is 0.405. The number of aliphatic hydroxyl groups excluding tert-OH is 1. The van der Waals surface area contributed by atoms with Crippen LogP contribution in [0.5, 0.6) is 0 Å². The molecular weight excluding hydrogens is 440 g/mol. The standard InChI is InChI=1S/C15H21NO4.C10H13NO3/c1-15(2,3)20-14(19)16-12(13(17)18)10-9-11-7-5-4-6-8-11;11-9(6-12)10(13)14-7-8-4-2-1-3-5-8/h4-8,12H,9-10H2,1-3H3,(H,16,19)(H,17,18);1-5,9,12H,6-7,11H2/t12-;9-/m10/s1. The third-order valence-electron chi connectivity index (χ3n) is 4.28. The highest BCUT2D eigenvalue weighted by Crippen LogP contribution is 2.09. The Morgan fingerprint density at radius 3 is 1.97 bits per heavy atom. The molecule has 2 aromatic carbocycles. The molecule has 34 heavy (non-hydrogen) atoms. The lowest BCUT2D eigenvalue weighted by molar-refractivity contribution is -0.147. The van der Waals surface area contributed by atoms with E-state index < -0.39 is 42.3 Å². The molecule has 2 aromatic rings. The van der Waals surface area contributed by atoms with Crippen molar-refractivity contribution < 1.29 is 34.1 Å². The number of ether oxygens (including phenoxy) is 2. The fourth-order valence-corrected chi connectivity index (χ4v) is 2.57. The summed E-state index contributed by atoms with van der Waals surface area (Å²) in [5, 5.41) is 20.1. The fraction of sp³-hybridized carbons (Fsp3) is 0.400. The average Bonchev–Trinajstić information content (AvgIpc) is 2.80. The Bertz CT molecular complexity index is 883. The maximum absolute atomic E-state index is 11.6. The molecule has 1 amide bonds. The van der Waals surface area contributed by atoms with Crippen molar-refractivity contribution in [2.75, 3.05) is 6.61 Å². The second-order valence-corrected chi connectivity index (χ2v) is 8.44. The van der Waals surface area contributed by atoms with Crippen LogP contribution < -0.4 is 11.1 Å². The second kappa shape index (κ2) is 14.7. The van der Waals surface area contributed by atoms with E-state index in [1.807, 2.05) is 60.7 Å². The number of carbonyl (C=O) groups excluding carboxylic acids is 2. The number of carboxylic acids is 1. The number of nitrogens with one attached hydrogen (secondary N) is 1. The van der Waals surface area contributed by atoms with Gasteiger partial charge >= 0.3 is 18.0 Å². The van der Waals surface area contributed by atoms with Crippen LogP contribution in [0.15, 0.2) is 60.7 Å². The highest BCUT2D eigenvalue weighted by molar-refractivity contribution is 5.80. The zero-order valence-corrected chi connectivity index (χ0v) is 19.8. The maximum atomic E-state index is 11.6. The molecule has 5 N–H and O–H groups in total. The first-order valence-electron chi connectivity index (χ1n) is 10.8. The van der Waals surface area contributed by atoms with Crippen molar-refractivity contribution in [3.63, 3.8) is 0 Å². The lowest BCUT2D eigenvalue weighted by Gasteiger charge is -2.22. The number of aliphatic carboxylic acids is 1. The highest BCUT2D eigenvalue weighted by Gasteiger charge is 2.23. The number of benzene rings is 2. The third kappa shape index (κ3) is 12.6. The van der Waals surface area contributed by atoms with E-state index in [0.717, 1.165) is 11.1 Å². The van der Waals surface area contributed by atoms with Gasteiger partial charge in [0.2, 0.25) is 0 Å². The van der Waals surface area contributed by atoms with Gasteiger partial charge in [0.1, 0.15) is 24.3 Å². The topological polar surface area (TPSA) is 148 Å². The van der Waals surface area contributed by atoms with Gasteiger partial charge in [0.15, 0.2) is 0 Å². The van der Waals surface area contributed by atoms with Crippen LogP contribution >= 0.6 is 0 Å². The Labute approximate surface area is 199 Å². The van der Waals surface area contributed by atoms with Crippen LogP contribution in [-0.2, 0) is 32.1 Å². The minimum absolute atomic E-state index is 0.188. The molecule has 2 atom stereocenters. The molecule has 0 aromatic heterocycles. The van der Waals surface area contributed by atoms with Crippen molar-refractivity contribution in [3.05, 3.63) is 71.8 Å². The molecule has 0 aliphatic carbocycles. The number of rotatable bonds is 9. The molecular formula is C25H34N2O7. The Kier molecular flexibility index (Phi) is 12.3. The number of aliphatic hydroxyl groups is 1. The summed E-state index contributed by atoms with van der Waals surface area (Å²) in [4.78, 5) is 33.8. The van der Waals surface area contributed by atoms with Crippen LogP contribution in [-0.4, -0.2) is 52.5 Å². The summed E-state index contributed by atoms with van der Waals surface area (Å²) in [6, 6.07) is 16.9. The van der Waals surface area contributed by atoms with Crippen molar-refractivity contribution in [2.24, 2.45) is 5.73 Å². The van der Waals surface area contributed by atoms with E-state index >= 15 is 0 Å². The van der Waals surface area contributed by atoms with Gasteiger partial charge in [0.25, 0.3) is 0 Å². The predicted octanol–water partition coefficient (Wildman–Crippen LogP) is 2.65. The summed E-state index contributed by atoms with van der Waals surface area (Å²) in [5.74, 6) is -1.65. The number of alkyl carbamates (subject to hydrolysis) is 1. The maximum Gasteiger partial charge on any atom is 0.408 e. The van der Waals surface area contributed by atoms with Crippen molar-refractivity contribution in [1.29, 1.82) is 0 Å². The van der Waals surface area contributed by atoms with E-state index in [4.69, 9.17) is 25.4 Å². The van der Waals surface area contributed by atoms with Gasteiger partial charge in [-0.05, 0) is 44.7 Å². The third-order valence-corrected chi connectivity index (χ3v) is 4.28. The molecule has 0 saturated carbocycles. The van der Waals surface area contributed by atoms with Gasteiger partial charge in [-0.3, -0.25) is 4.79 Å². The Balaban J connectivity index is 0.000000362. The fourth-order valence-electron chi connectivity index (χ4n) is 2.57. The molecule has 0 fully saturated rings. The Morgan fingerprint density at radius 2 is 1.50 bits per heavy atom. The molecule has 9 heteroatoms. The molecule has 0 radical (unpaired) electrons. The summed E-state index contributed by atoms with van der Waals surface area (Å²) >= 11 is 0. The van der Waals surface area contributed by atoms with Gasteiger partial charge in [0, 0.05) is 0 Å². The van der Waals surface area contributed by atoms with E-state index in [0.29, 0.717) is 12.8 Å². The summed E-state index contributed by atoms with van der Waals surface area (Å²) in [6.45, 7) is 4.98.